The van der Waals surface area contributed by atoms with Gasteiger partial charge in [-0.15, -0.1) is 0 Å². The van der Waals surface area contributed by atoms with Gasteiger partial charge in [-0.3, -0.25) is 0 Å². The van der Waals surface area contributed by atoms with Crippen LogP contribution in [0.25, 0.3) is 10.9 Å². The molecule has 0 amide bonds. The first-order valence-electron chi connectivity index (χ1n) is 7.05. The van der Waals surface area contributed by atoms with E-state index in [1.54, 1.807) is 0 Å². The molecule has 1 aliphatic rings. The molecule has 2 nitrogen and oxygen atoms in total. The summed E-state index contributed by atoms with van der Waals surface area (Å²) < 4.78 is 0. The topological polar surface area (TPSA) is 39.6 Å². The van der Waals surface area contributed by atoms with Crippen molar-refractivity contribution in [3.8, 4) is 6.07 Å². The number of benzene rings is 1. The standard InChI is InChI=1S/C17H20N2/c1-17(2,3)12-7-8-14-13(9-12)16-11(10-18)5-4-6-15(16)19-14/h7-9,11,19H,4-6H2,1-3H3. The number of nitrogens with one attached hydrogen (secondary N) is 1. The van der Waals surface area contributed by atoms with Gasteiger partial charge in [-0.25, -0.2) is 0 Å². The average Bonchev–Trinajstić information content (AvgIpc) is 2.75. The van der Waals surface area contributed by atoms with Crippen LogP contribution in [0.5, 0.6) is 0 Å². The molecule has 0 bridgehead atoms. The number of fused-ring (bicyclic) bond motifs is 3. The predicted octanol–water partition coefficient (Wildman–Crippen LogP) is 4.41. The second-order valence-electron chi connectivity index (χ2n) is 6.60. The molecule has 1 aromatic carbocycles. The first-order chi connectivity index (χ1) is 9.00. The molecule has 2 heteroatoms. The van der Waals surface area contributed by atoms with Gasteiger partial charge in [0.25, 0.3) is 0 Å². The summed E-state index contributed by atoms with van der Waals surface area (Å²) in [6, 6.07) is 9.12. The predicted molar refractivity (Wildman–Crippen MR) is 78.3 cm³/mol. The fourth-order valence-corrected chi connectivity index (χ4v) is 3.09. The highest BCUT2D eigenvalue weighted by Crippen LogP contribution is 2.38. The molecule has 1 aromatic heterocycles. The van der Waals surface area contributed by atoms with Crippen molar-refractivity contribution < 1.29 is 0 Å². The Balaban J connectivity index is 2.25. The minimum atomic E-state index is 0.0627. The van der Waals surface area contributed by atoms with Crippen molar-refractivity contribution in [2.24, 2.45) is 0 Å². The van der Waals surface area contributed by atoms with Gasteiger partial charge in [0.05, 0.1) is 12.0 Å². The molecular formula is C17H20N2. The maximum atomic E-state index is 9.38. The molecule has 3 rings (SSSR count). The summed E-state index contributed by atoms with van der Waals surface area (Å²) in [6.45, 7) is 6.69. The number of H-pyrrole nitrogens is 1. The van der Waals surface area contributed by atoms with Crippen molar-refractivity contribution in [1.29, 1.82) is 5.26 Å². The van der Waals surface area contributed by atoms with Crippen LogP contribution in [0.2, 0.25) is 0 Å². The van der Waals surface area contributed by atoms with Crippen LogP contribution in [0, 0.1) is 11.3 Å². The van der Waals surface area contributed by atoms with Gasteiger partial charge in [0.15, 0.2) is 0 Å². The SMILES string of the molecule is CC(C)(C)c1ccc2[nH]c3c(c2c1)C(C#N)CCC3. The summed E-state index contributed by atoms with van der Waals surface area (Å²) >= 11 is 0. The lowest BCUT2D eigenvalue weighted by Crippen LogP contribution is -2.11. The van der Waals surface area contributed by atoms with Gasteiger partial charge in [0.2, 0.25) is 0 Å². The summed E-state index contributed by atoms with van der Waals surface area (Å²) in [7, 11) is 0. The van der Waals surface area contributed by atoms with E-state index < -0.39 is 0 Å². The van der Waals surface area contributed by atoms with E-state index in [1.807, 2.05) is 0 Å². The number of hydrogen-bond acceptors (Lipinski definition) is 1. The second-order valence-corrected chi connectivity index (χ2v) is 6.60. The number of nitrogens with zero attached hydrogens (tertiary/aromatic N) is 1. The Labute approximate surface area is 114 Å². The summed E-state index contributed by atoms with van der Waals surface area (Å²) in [5.41, 5.74) is 5.20. The molecule has 0 spiro atoms. The van der Waals surface area contributed by atoms with Crippen molar-refractivity contribution in [3.63, 3.8) is 0 Å². The molecule has 1 atom stereocenters. The highest BCUT2D eigenvalue weighted by atomic mass is 14.7. The molecule has 0 radical (unpaired) electrons. The number of hydrogen-bond donors (Lipinski definition) is 1. The normalized spacial score (nSPS) is 19.2. The molecule has 1 N–H and O–H groups in total. The molecule has 19 heavy (non-hydrogen) atoms. The Hall–Kier alpha value is -1.75. The second kappa shape index (κ2) is 4.13. The minimum absolute atomic E-state index is 0.0627. The van der Waals surface area contributed by atoms with Crippen LogP contribution in [0.1, 0.15) is 56.4 Å². The van der Waals surface area contributed by atoms with Gasteiger partial charge in [-0.05, 0) is 47.9 Å². The lowest BCUT2D eigenvalue weighted by Gasteiger charge is -2.20. The largest absolute Gasteiger partial charge is 0.358 e. The van der Waals surface area contributed by atoms with Crippen molar-refractivity contribution in [1.82, 2.24) is 4.98 Å². The molecule has 0 aliphatic heterocycles. The van der Waals surface area contributed by atoms with Gasteiger partial charge >= 0.3 is 0 Å². The molecule has 0 saturated carbocycles. The fourth-order valence-electron chi connectivity index (χ4n) is 3.09. The number of aryl methyl sites for hydroxylation is 1. The lowest BCUT2D eigenvalue weighted by molar-refractivity contribution is 0.591. The van der Waals surface area contributed by atoms with E-state index >= 15 is 0 Å². The third-order valence-corrected chi connectivity index (χ3v) is 4.21. The van der Waals surface area contributed by atoms with E-state index in [-0.39, 0.29) is 11.3 Å². The van der Waals surface area contributed by atoms with Crippen molar-refractivity contribution in [2.75, 3.05) is 0 Å². The van der Waals surface area contributed by atoms with E-state index in [0.717, 1.165) is 19.3 Å². The van der Waals surface area contributed by atoms with E-state index in [2.05, 4.69) is 50.0 Å². The third kappa shape index (κ3) is 1.94. The van der Waals surface area contributed by atoms with E-state index in [9.17, 15) is 5.26 Å². The van der Waals surface area contributed by atoms with Gasteiger partial charge in [-0.2, -0.15) is 5.26 Å². The highest BCUT2D eigenvalue weighted by molar-refractivity contribution is 5.86. The zero-order valence-corrected chi connectivity index (χ0v) is 11.9. The summed E-state index contributed by atoms with van der Waals surface area (Å²) in [5, 5.41) is 10.6. The molecular weight excluding hydrogens is 232 g/mol. The number of rotatable bonds is 0. The van der Waals surface area contributed by atoms with Crippen LogP contribution >= 0.6 is 0 Å². The molecule has 1 aliphatic carbocycles. The Morgan fingerprint density at radius 3 is 2.79 bits per heavy atom. The number of aromatic nitrogens is 1. The quantitative estimate of drug-likeness (QED) is 0.741. The van der Waals surface area contributed by atoms with Crippen LogP contribution in [0.3, 0.4) is 0 Å². The monoisotopic (exact) mass is 252 g/mol. The van der Waals surface area contributed by atoms with Crippen LogP contribution in [-0.2, 0) is 11.8 Å². The van der Waals surface area contributed by atoms with Gasteiger partial charge in [0.1, 0.15) is 0 Å². The first-order valence-corrected chi connectivity index (χ1v) is 7.05. The smallest absolute Gasteiger partial charge is 0.0736 e. The Morgan fingerprint density at radius 1 is 1.32 bits per heavy atom. The van der Waals surface area contributed by atoms with Crippen molar-refractivity contribution in [3.05, 3.63) is 35.0 Å². The van der Waals surface area contributed by atoms with Crippen LogP contribution in [0.15, 0.2) is 18.2 Å². The van der Waals surface area contributed by atoms with Crippen molar-refractivity contribution in [2.45, 2.75) is 51.4 Å². The van der Waals surface area contributed by atoms with Gasteiger partial charge in [-0.1, -0.05) is 26.8 Å². The average molecular weight is 252 g/mol. The maximum absolute atomic E-state index is 9.38. The van der Waals surface area contributed by atoms with Gasteiger partial charge in [0, 0.05) is 16.6 Å². The van der Waals surface area contributed by atoms with Crippen LogP contribution in [0.4, 0.5) is 0 Å². The molecule has 1 heterocycles. The summed E-state index contributed by atoms with van der Waals surface area (Å²) in [6.07, 6.45) is 3.19. The lowest BCUT2D eigenvalue weighted by atomic mass is 9.83. The molecule has 98 valence electrons. The zero-order valence-electron chi connectivity index (χ0n) is 11.9. The zero-order chi connectivity index (χ0) is 13.6. The molecule has 2 aromatic rings. The van der Waals surface area contributed by atoms with E-state index in [0.29, 0.717) is 0 Å². The molecule has 1 unspecified atom stereocenters. The Morgan fingerprint density at radius 2 is 2.11 bits per heavy atom. The first kappa shape index (κ1) is 12.3. The van der Waals surface area contributed by atoms with Crippen LogP contribution < -0.4 is 0 Å². The number of nitriles is 1. The Bertz CT molecular complexity index is 665. The summed E-state index contributed by atoms with van der Waals surface area (Å²) in [5.74, 6) is 0.0627. The van der Waals surface area contributed by atoms with E-state index in [1.165, 1.54) is 27.7 Å². The third-order valence-electron chi connectivity index (χ3n) is 4.21. The summed E-state index contributed by atoms with van der Waals surface area (Å²) in [4.78, 5) is 3.51. The molecule has 0 fully saturated rings. The minimum Gasteiger partial charge on any atom is -0.358 e. The Kier molecular flexibility index (Phi) is 2.67. The number of aromatic amines is 1. The fraction of sp³-hybridized carbons (Fsp3) is 0.471. The van der Waals surface area contributed by atoms with E-state index in [4.69, 9.17) is 0 Å². The van der Waals surface area contributed by atoms with Crippen LogP contribution in [-0.4, -0.2) is 4.98 Å². The van der Waals surface area contributed by atoms with Gasteiger partial charge < -0.3 is 4.98 Å². The maximum Gasteiger partial charge on any atom is 0.0736 e. The van der Waals surface area contributed by atoms with Crippen molar-refractivity contribution >= 4 is 10.9 Å². The molecule has 0 saturated heterocycles. The highest BCUT2D eigenvalue weighted by Gasteiger charge is 2.25.